The lowest BCUT2D eigenvalue weighted by molar-refractivity contribution is -0.129. The molecule has 1 aromatic heterocycles. The topological polar surface area (TPSA) is 64.1 Å². The van der Waals surface area contributed by atoms with E-state index in [1.54, 1.807) is 6.20 Å². The second kappa shape index (κ2) is 10.8. The number of Topliss-reactive ketones (excluding diaryl/α,β-unsaturated/α-hetero) is 3. The summed E-state index contributed by atoms with van der Waals surface area (Å²) in [6.07, 6.45) is 6.68. The summed E-state index contributed by atoms with van der Waals surface area (Å²) in [5, 5.41) is 0. The number of aromatic nitrogens is 1. The highest BCUT2D eigenvalue weighted by Gasteiger charge is 2.34. The lowest BCUT2D eigenvalue weighted by Crippen LogP contribution is -2.30. The maximum Gasteiger partial charge on any atom is 0.163 e. The van der Waals surface area contributed by atoms with Crippen molar-refractivity contribution < 1.29 is 14.4 Å². The van der Waals surface area contributed by atoms with E-state index < -0.39 is 0 Å². The van der Waals surface area contributed by atoms with Gasteiger partial charge in [-0.1, -0.05) is 44.9 Å². The van der Waals surface area contributed by atoms with Crippen molar-refractivity contribution in [1.82, 2.24) is 4.98 Å². The molecule has 3 atom stereocenters. The molecule has 3 unspecified atom stereocenters. The molecule has 0 radical (unpaired) electrons. The van der Waals surface area contributed by atoms with E-state index in [-0.39, 0.29) is 41.5 Å². The molecule has 0 bridgehead atoms. The average molecular weight is 434 g/mol. The first-order valence-electron chi connectivity index (χ1n) is 11.9. The molecule has 0 saturated heterocycles. The van der Waals surface area contributed by atoms with Gasteiger partial charge in [0.25, 0.3) is 0 Å². The molecule has 4 nitrogen and oxygen atoms in total. The first kappa shape index (κ1) is 24.0. The number of carbonyl (C=O) groups excluding carboxylic acids is 3. The van der Waals surface area contributed by atoms with Crippen molar-refractivity contribution in [3.8, 4) is 11.3 Å². The number of carbonyl (C=O) groups is 3. The van der Waals surface area contributed by atoms with Gasteiger partial charge in [0.1, 0.15) is 11.6 Å². The second-order valence-corrected chi connectivity index (χ2v) is 9.34. The van der Waals surface area contributed by atoms with Crippen LogP contribution in [0, 0.1) is 24.7 Å². The summed E-state index contributed by atoms with van der Waals surface area (Å²) < 4.78 is 0. The van der Waals surface area contributed by atoms with Gasteiger partial charge >= 0.3 is 0 Å². The van der Waals surface area contributed by atoms with Gasteiger partial charge < -0.3 is 0 Å². The zero-order valence-electron chi connectivity index (χ0n) is 19.8. The minimum absolute atomic E-state index is 0.0220. The average Bonchev–Trinajstić information content (AvgIpc) is 2.74. The maximum absolute atomic E-state index is 13.2. The quantitative estimate of drug-likeness (QED) is 0.420. The van der Waals surface area contributed by atoms with E-state index in [2.05, 4.69) is 18.0 Å². The summed E-state index contributed by atoms with van der Waals surface area (Å²) in [6.45, 7) is 7.67. The van der Waals surface area contributed by atoms with Gasteiger partial charge in [-0.3, -0.25) is 19.4 Å². The van der Waals surface area contributed by atoms with Crippen molar-refractivity contribution >= 4 is 17.3 Å². The number of pyridine rings is 1. The molecule has 2 aromatic rings. The fourth-order valence-electron chi connectivity index (χ4n) is 5.50. The largest absolute Gasteiger partial charge is 0.300 e. The third-order valence-electron chi connectivity index (χ3n) is 6.85. The summed E-state index contributed by atoms with van der Waals surface area (Å²) in [7, 11) is 0. The van der Waals surface area contributed by atoms with Crippen molar-refractivity contribution in [2.24, 2.45) is 17.8 Å². The van der Waals surface area contributed by atoms with Crippen LogP contribution in [-0.4, -0.2) is 22.3 Å². The molecule has 0 saturated carbocycles. The number of nitrogens with zero attached hydrogens (tertiary/aromatic N) is 1. The smallest absolute Gasteiger partial charge is 0.163 e. The standard InChI is InChI=1S/C28H35NO3/c1-5-9-21(22(6-2)26(31)14-19(4)30)15-20-16-24-23(25-10-7-8-13-29-25)12-11-18(3)28(24)27(32)17-20/h7-8,10-13,20-22H,5-6,9,14-17H2,1-4H3. The van der Waals surface area contributed by atoms with Crippen molar-refractivity contribution in [2.75, 3.05) is 0 Å². The number of benzene rings is 1. The van der Waals surface area contributed by atoms with E-state index in [9.17, 15) is 14.4 Å². The van der Waals surface area contributed by atoms with E-state index >= 15 is 0 Å². The molecule has 4 heteroatoms. The van der Waals surface area contributed by atoms with Crippen LogP contribution in [0.1, 0.15) is 80.8 Å². The number of ketones is 3. The molecule has 0 aliphatic heterocycles. The first-order chi connectivity index (χ1) is 15.3. The van der Waals surface area contributed by atoms with Crippen LogP contribution in [0.3, 0.4) is 0 Å². The Balaban J connectivity index is 1.90. The summed E-state index contributed by atoms with van der Waals surface area (Å²) in [5.74, 6) is 0.495. The normalized spacial score (nSPS) is 17.5. The van der Waals surface area contributed by atoms with Gasteiger partial charge in [0.2, 0.25) is 0 Å². The summed E-state index contributed by atoms with van der Waals surface area (Å²) in [4.78, 5) is 42.1. The molecule has 170 valence electrons. The molecule has 1 heterocycles. The van der Waals surface area contributed by atoms with Gasteiger partial charge in [-0.05, 0) is 68.2 Å². The molecule has 0 spiro atoms. The van der Waals surface area contributed by atoms with Crippen molar-refractivity contribution in [3.05, 3.63) is 53.2 Å². The molecule has 1 aliphatic carbocycles. The summed E-state index contributed by atoms with van der Waals surface area (Å²) in [5.41, 5.74) is 4.91. The van der Waals surface area contributed by atoms with E-state index in [1.165, 1.54) is 6.92 Å². The SMILES string of the molecule is CCCC(CC1CC(=O)c2c(C)ccc(-c3ccccn3)c2C1)C(CC)C(=O)CC(C)=O. The Morgan fingerprint density at radius 2 is 1.91 bits per heavy atom. The molecule has 0 fully saturated rings. The third-order valence-corrected chi connectivity index (χ3v) is 6.85. The van der Waals surface area contributed by atoms with Gasteiger partial charge in [-0.25, -0.2) is 0 Å². The minimum Gasteiger partial charge on any atom is -0.300 e. The zero-order valence-corrected chi connectivity index (χ0v) is 19.8. The molecule has 32 heavy (non-hydrogen) atoms. The Kier molecular flexibility index (Phi) is 8.11. The Morgan fingerprint density at radius 3 is 2.53 bits per heavy atom. The predicted molar refractivity (Wildman–Crippen MR) is 128 cm³/mol. The Bertz CT molecular complexity index is 980. The van der Waals surface area contributed by atoms with E-state index in [4.69, 9.17) is 0 Å². The van der Waals surface area contributed by atoms with Crippen molar-refractivity contribution in [2.45, 2.75) is 72.6 Å². The number of hydrogen-bond acceptors (Lipinski definition) is 4. The fourth-order valence-corrected chi connectivity index (χ4v) is 5.50. The van der Waals surface area contributed by atoms with Gasteiger partial charge in [-0.2, -0.15) is 0 Å². The summed E-state index contributed by atoms with van der Waals surface area (Å²) in [6, 6.07) is 9.97. The van der Waals surface area contributed by atoms with Crippen LogP contribution in [0.2, 0.25) is 0 Å². The Labute approximate surface area is 191 Å². The number of hydrogen-bond donors (Lipinski definition) is 0. The lowest BCUT2D eigenvalue weighted by atomic mass is 9.71. The van der Waals surface area contributed by atoms with Crippen LogP contribution in [0.25, 0.3) is 11.3 Å². The fraction of sp³-hybridized carbons (Fsp3) is 0.500. The summed E-state index contributed by atoms with van der Waals surface area (Å²) >= 11 is 0. The van der Waals surface area contributed by atoms with E-state index in [0.717, 1.165) is 60.1 Å². The highest BCUT2D eigenvalue weighted by Crippen LogP contribution is 2.39. The molecular weight excluding hydrogens is 398 g/mol. The van der Waals surface area contributed by atoms with Gasteiger partial charge in [0, 0.05) is 29.7 Å². The third kappa shape index (κ3) is 5.40. The maximum atomic E-state index is 13.2. The molecule has 1 aromatic carbocycles. The minimum atomic E-state index is -0.108. The molecule has 3 rings (SSSR count). The van der Waals surface area contributed by atoms with Crippen LogP contribution in [0.4, 0.5) is 0 Å². The van der Waals surface area contributed by atoms with Crippen molar-refractivity contribution in [3.63, 3.8) is 0 Å². The van der Waals surface area contributed by atoms with Gasteiger partial charge in [-0.15, -0.1) is 0 Å². The molecule has 0 amide bonds. The van der Waals surface area contributed by atoms with Crippen LogP contribution >= 0.6 is 0 Å². The monoisotopic (exact) mass is 433 g/mol. The van der Waals surface area contributed by atoms with E-state index in [0.29, 0.717) is 6.42 Å². The number of rotatable bonds is 10. The van der Waals surface area contributed by atoms with Crippen LogP contribution in [0.5, 0.6) is 0 Å². The van der Waals surface area contributed by atoms with Crippen LogP contribution < -0.4 is 0 Å². The molecule has 1 aliphatic rings. The van der Waals surface area contributed by atoms with Crippen LogP contribution in [0.15, 0.2) is 36.5 Å². The zero-order chi connectivity index (χ0) is 23.3. The first-order valence-corrected chi connectivity index (χ1v) is 11.9. The number of fused-ring (bicyclic) bond motifs is 1. The van der Waals surface area contributed by atoms with Gasteiger partial charge in [0.15, 0.2) is 5.78 Å². The number of aryl methyl sites for hydroxylation is 1. The Morgan fingerprint density at radius 1 is 1.12 bits per heavy atom. The molecule has 0 N–H and O–H groups in total. The highest BCUT2D eigenvalue weighted by molar-refractivity contribution is 6.02. The Hall–Kier alpha value is -2.62. The highest BCUT2D eigenvalue weighted by atomic mass is 16.1. The lowest BCUT2D eigenvalue weighted by Gasteiger charge is -2.32. The van der Waals surface area contributed by atoms with Crippen molar-refractivity contribution in [1.29, 1.82) is 0 Å². The van der Waals surface area contributed by atoms with E-state index in [1.807, 2.05) is 38.1 Å². The predicted octanol–water partition coefficient (Wildman–Crippen LogP) is 6.18. The van der Waals surface area contributed by atoms with Gasteiger partial charge in [0.05, 0.1) is 12.1 Å². The second-order valence-electron chi connectivity index (χ2n) is 9.34. The van der Waals surface area contributed by atoms with Crippen LogP contribution in [-0.2, 0) is 16.0 Å². The molecular formula is C28H35NO3.